The van der Waals surface area contributed by atoms with Gasteiger partial charge in [-0.15, -0.1) is 11.3 Å². The number of aryl methyl sites for hydroxylation is 2. The first-order valence-electron chi connectivity index (χ1n) is 7.42. The first-order chi connectivity index (χ1) is 11.1. The summed E-state index contributed by atoms with van der Waals surface area (Å²) in [5.74, 6) is 0.820. The van der Waals surface area contributed by atoms with Crippen molar-refractivity contribution in [3.05, 3.63) is 59.0 Å². The Bertz CT molecular complexity index is 807. The molecule has 5 nitrogen and oxygen atoms in total. The van der Waals surface area contributed by atoms with Gasteiger partial charge < -0.3 is 5.32 Å². The number of benzene rings is 1. The van der Waals surface area contributed by atoms with Crippen molar-refractivity contribution >= 4 is 17.2 Å². The predicted molar refractivity (Wildman–Crippen MR) is 91.5 cm³/mol. The quantitative estimate of drug-likeness (QED) is 0.784. The molecule has 3 aromatic rings. The fourth-order valence-electron chi connectivity index (χ4n) is 2.39. The third kappa shape index (κ3) is 3.48. The summed E-state index contributed by atoms with van der Waals surface area (Å²) in [6, 6.07) is 12.1. The van der Waals surface area contributed by atoms with Gasteiger partial charge in [-0.2, -0.15) is 5.10 Å². The molecule has 3 rings (SSSR count). The van der Waals surface area contributed by atoms with E-state index in [1.807, 2.05) is 38.2 Å². The fraction of sp³-hybridized carbons (Fsp3) is 0.235. The zero-order valence-corrected chi connectivity index (χ0v) is 13.9. The molecule has 0 saturated heterocycles. The van der Waals surface area contributed by atoms with E-state index in [-0.39, 0.29) is 5.91 Å². The van der Waals surface area contributed by atoms with Gasteiger partial charge in [0.25, 0.3) is 5.91 Å². The fourth-order valence-corrected chi connectivity index (χ4v) is 3.49. The summed E-state index contributed by atoms with van der Waals surface area (Å²) in [5, 5.41) is 6.96. The maximum atomic E-state index is 12.3. The molecule has 118 valence electrons. The van der Waals surface area contributed by atoms with Gasteiger partial charge in [-0.05, 0) is 24.1 Å². The van der Waals surface area contributed by atoms with Gasteiger partial charge >= 0.3 is 0 Å². The first kappa shape index (κ1) is 15.4. The number of carbonyl (C=O) groups excluding carboxylic acids is 1. The Balaban J connectivity index is 1.65. The van der Waals surface area contributed by atoms with E-state index in [0.29, 0.717) is 13.0 Å². The Labute approximate surface area is 139 Å². The summed E-state index contributed by atoms with van der Waals surface area (Å²) < 4.78 is 1.72. The van der Waals surface area contributed by atoms with Crippen LogP contribution in [0.15, 0.2) is 42.7 Å². The molecule has 0 aliphatic carbocycles. The maximum absolute atomic E-state index is 12.3. The van der Waals surface area contributed by atoms with E-state index in [1.165, 1.54) is 17.7 Å². The predicted octanol–water partition coefficient (Wildman–Crippen LogP) is 2.82. The molecule has 1 aromatic carbocycles. The summed E-state index contributed by atoms with van der Waals surface area (Å²) in [5.41, 5.74) is 2.27. The normalized spacial score (nSPS) is 10.7. The maximum Gasteiger partial charge on any atom is 0.261 e. The van der Waals surface area contributed by atoms with Crippen LogP contribution in [-0.2, 0) is 13.5 Å². The first-order valence-corrected chi connectivity index (χ1v) is 8.23. The van der Waals surface area contributed by atoms with Crippen LogP contribution in [0, 0.1) is 6.92 Å². The van der Waals surface area contributed by atoms with E-state index in [1.54, 1.807) is 4.68 Å². The molecule has 0 atom stereocenters. The van der Waals surface area contributed by atoms with Crippen LogP contribution >= 0.6 is 11.3 Å². The van der Waals surface area contributed by atoms with Crippen molar-refractivity contribution in [2.75, 3.05) is 6.54 Å². The Morgan fingerprint density at radius 1 is 1.30 bits per heavy atom. The van der Waals surface area contributed by atoms with Crippen LogP contribution in [-0.4, -0.2) is 27.2 Å². The smallest absolute Gasteiger partial charge is 0.261 e. The van der Waals surface area contributed by atoms with E-state index in [9.17, 15) is 4.79 Å². The molecule has 6 heteroatoms. The third-order valence-electron chi connectivity index (χ3n) is 3.62. The van der Waals surface area contributed by atoms with E-state index < -0.39 is 0 Å². The summed E-state index contributed by atoms with van der Waals surface area (Å²) in [7, 11) is 1.85. The summed E-state index contributed by atoms with van der Waals surface area (Å²) >= 11 is 1.53. The number of nitrogens with zero attached hydrogens (tertiary/aromatic N) is 3. The number of hydrogen-bond acceptors (Lipinski definition) is 4. The lowest BCUT2D eigenvalue weighted by molar-refractivity contribution is 0.0958. The second-order valence-corrected chi connectivity index (χ2v) is 6.35. The molecule has 0 fully saturated rings. The minimum Gasteiger partial charge on any atom is -0.351 e. The number of nitrogens with one attached hydrogen (secondary N) is 1. The lowest BCUT2D eigenvalue weighted by Gasteiger charge is -2.03. The average molecular weight is 326 g/mol. The van der Waals surface area contributed by atoms with Gasteiger partial charge in [0.05, 0.1) is 4.88 Å². The standard InChI is InChI=1S/C17H18N4OS/c1-12-10-14(23-16(12)13-6-4-3-5-7-13)17(22)18-9-8-15-19-11-20-21(15)2/h3-7,10-11H,8-9H2,1-2H3,(H,18,22). The van der Waals surface area contributed by atoms with Crippen LogP contribution in [0.3, 0.4) is 0 Å². The van der Waals surface area contributed by atoms with Gasteiger partial charge in [-0.1, -0.05) is 30.3 Å². The van der Waals surface area contributed by atoms with E-state index in [2.05, 4.69) is 27.5 Å². The molecule has 0 radical (unpaired) electrons. The second kappa shape index (κ2) is 6.75. The van der Waals surface area contributed by atoms with Gasteiger partial charge in [0.1, 0.15) is 12.2 Å². The minimum absolute atomic E-state index is 0.0394. The zero-order valence-electron chi connectivity index (χ0n) is 13.1. The molecule has 2 heterocycles. The molecule has 1 N–H and O–H groups in total. The molecule has 0 unspecified atom stereocenters. The molecule has 0 aliphatic heterocycles. The summed E-state index contributed by atoms with van der Waals surface area (Å²) in [6.45, 7) is 2.58. The average Bonchev–Trinajstić information content (AvgIpc) is 3.14. The number of carbonyl (C=O) groups is 1. The number of aromatic nitrogens is 3. The number of rotatable bonds is 5. The Kier molecular flexibility index (Phi) is 4.52. The van der Waals surface area contributed by atoms with Gasteiger partial charge in [-0.25, -0.2) is 4.98 Å². The van der Waals surface area contributed by atoms with Gasteiger partial charge in [-0.3, -0.25) is 9.48 Å². The molecule has 0 aliphatic rings. The Morgan fingerprint density at radius 2 is 2.09 bits per heavy atom. The van der Waals surface area contributed by atoms with Crippen molar-refractivity contribution in [2.45, 2.75) is 13.3 Å². The Hall–Kier alpha value is -2.47. The number of amides is 1. The van der Waals surface area contributed by atoms with E-state index in [4.69, 9.17) is 0 Å². The molecular formula is C17H18N4OS. The Morgan fingerprint density at radius 3 is 2.78 bits per heavy atom. The number of hydrogen-bond donors (Lipinski definition) is 1. The molecule has 2 aromatic heterocycles. The van der Waals surface area contributed by atoms with Crippen LogP contribution < -0.4 is 5.32 Å². The van der Waals surface area contributed by atoms with Gasteiger partial charge in [0.2, 0.25) is 0 Å². The highest BCUT2D eigenvalue weighted by Gasteiger charge is 2.13. The van der Waals surface area contributed by atoms with E-state index in [0.717, 1.165) is 26.7 Å². The van der Waals surface area contributed by atoms with Gasteiger partial charge in [0.15, 0.2) is 0 Å². The summed E-state index contributed by atoms with van der Waals surface area (Å²) in [4.78, 5) is 18.3. The minimum atomic E-state index is -0.0394. The van der Waals surface area contributed by atoms with Crippen LogP contribution in [0.1, 0.15) is 21.1 Å². The topological polar surface area (TPSA) is 59.8 Å². The second-order valence-electron chi connectivity index (χ2n) is 5.29. The van der Waals surface area contributed by atoms with E-state index >= 15 is 0 Å². The zero-order chi connectivity index (χ0) is 16.2. The highest BCUT2D eigenvalue weighted by atomic mass is 32.1. The molecular weight excluding hydrogens is 308 g/mol. The highest BCUT2D eigenvalue weighted by Crippen LogP contribution is 2.32. The van der Waals surface area contributed by atoms with Crippen molar-refractivity contribution in [1.82, 2.24) is 20.1 Å². The molecule has 0 bridgehead atoms. The molecule has 0 spiro atoms. The lowest BCUT2D eigenvalue weighted by Crippen LogP contribution is -2.25. The van der Waals surface area contributed by atoms with Crippen LogP contribution in [0.4, 0.5) is 0 Å². The van der Waals surface area contributed by atoms with Crippen LogP contribution in [0.25, 0.3) is 10.4 Å². The summed E-state index contributed by atoms with van der Waals surface area (Å²) in [6.07, 6.45) is 2.18. The molecule has 0 saturated carbocycles. The van der Waals surface area contributed by atoms with Gasteiger partial charge in [0, 0.05) is 24.9 Å². The SMILES string of the molecule is Cc1cc(C(=O)NCCc2ncnn2C)sc1-c1ccccc1. The molecule has 23 heavy (non-hydrogen) atoms. The van der Waals surface area contributed by atoms with Crippen molar-refractivity contribution in [3.63, 3.8) is 0 Å². The van der Waals surface area contributed by atoms with Crippen molar-refractivity contribution < 1.29 is 4.79 Å². The van der Waals surface area contributed by atoms with Crippen molar-refractivity contribution in [2.24, 2.45) is 7.05 Å². The van der Waals surface area contributed by atoms with Crippen molar-refractivity contribution in [1.29, 1.82) is 0 Å². The largest absolute Gasteiger partial charge is 0.351 e. The lowest BCUT2D eigenvalue weighted by atomic mass is 10.1. The highest BCUT2D eigenvalue weighted by molar-refractivity contribution is 7.17. The van der Waals surface area contributed by atoms with Crippen molar-refractivity contribution in [3.8, 4) is 10.4 Å². The number of thiophene rings is 1. The van der Waals surface area contributed by atoms with Crippen LogP contribution in [0.5, 0.6) is 0 Å². The monoisotopic (exact) mass is 326 g/mol. The third-order valence-corrected chi connectivity index (χ3v) is 4.90. The van der Waals surface area contributed by atoms with Crippen LogP contribution in [0.2, 0.25) is 0 Å². The molecule has 1 amide bonds.